The fourth-order valence-corrected chi connectivity index (χ4v) is 6.36. The highest BCUT2D eigenvalue weighted by molar-refractivity contribution is 7.19. The Hall–Kier alpha value is -2.59. The minimum atomic E-state index is -0.465. The summed E-state index contributed by atoms with van der Waals surface area (Å²) in [6.45, 7) is 6.88. The molecular weight excluding hydrogens is 513 g/mol. The lowest BCUT2D eigenvalue weighted by Crippen LogP contribution is -2.35. The van der Waals surface area contributed by atoms with E-state index < -0.39 is 5.82 Å². The van der Waals surface area contributed by atoms with Crippen LogP contribution in [-0.2, 0) is 22.5 Å². The van der Waals surface area contributed by atoms with Crippen molar-refractivity contribution in [2.24, 2.45) is 0 Å². The zero-order valence-electron chi connectivity index (χ0n) is 20.9. The van der Waals surface area contributed by atoms with Gasteiger partial charge < -0.3 is 15.0 Å². The average Bonchev–Trinajstić information content (AvgIpc) is 3.53. The first kappa shape index (κ1) is 26.0. The molecule has 2 aliphatic heterocycles. The molecule has 1 fully saturated rings. The summed E-state index contributed by atoms with van der Waals surface area (Å²) in [6, 6.07) is 4.50. The van der Waals surface area contributed by atoms with Crippen LogP contribution in [0, 0.1) is 5.82 Å². The van der Waals surface area contributed by atoms with Gasteiger partial charge >= 0.3 is 0 Å². The van der Waals surface area contributed by atoms with Crippen molar-refractivity contribution in [3.05, 3.63) is 58.0 Å². The zero-order valence-corrected chi connectivity index (χ0v) is 22.5. The maximum Gasteiger partial charge on any atom is 0.246 e. The number of hydrogen-bond acceptors (Lipinski definition) is 7. The van der Waals surface area contributed by atoms with Gasteiger partial charge in [0.1, 0.15) is 22.8 Å². The predicted octanol–water partition coefficient (Wildman–Crippen LogP) is 5.56. The summed E-state index contributed by atoms with van der Waals surface area (Å²) in [5.41, 5.74) is 1.82. The molecule has 1 aromatic carbocycles. The van der Waals surface area contributed by atoms with Gasteiger partial charge in [0, 0.05) is 42.9 Å². The molecule has 4 heterocycles. The Balaban J connectivity index is 1.25. The molecule has 196 valence electrons. The number of carbonyl (C=O) groups excluding carboxylic acids is 1. The van der Waals surface area contributed by atoms with Gasteiger partial charge in [-0.2, -0.15) is 0 Å². The molecule has 0 saturated carbocycles. The van der Waals surface area contributed by atoms with Crippen molar-refractivity contribution in [2.75, 3.05) is 38.1 Å². The molecule has 0 radical (unpaired) electrons. The normalized spacial score (nSPS) is 17.7. The number of anilines is 2. The summed E-state index contributed by atoms with van der Waals surface area (Å²) in [4.78, 5) is 28.1. The van der Waals surface area contributed by atoms with E-state index in [1.165, 1.54) is 12.4 Å². The monoisotopic (exact) mass is 543 g/mol. The number of fused-ring (bicyclic) bond motifs is 3. The fourth-order valence-electron chi connectivity index (χ4n) is 4.98. The number of nitrogens with zero attached hydrogens (tertiary/aromatic N) is 4. The predicted molar refractivity (Wildman–Crippen MR) is 146 cm³/mol. The van der Waals surface area contributed by atoms with Gasteiger partial charge in [-0.05, 0) is 56.0 Å². The van der Waals surface area contributed by atoms with Crippen LogP contribution in [0.2, 0.25) is 5.02 Å². The van der Waals surface area contributed by atoms with Crippen molar-refractivity contribution in [3.63, 3.8) is 0 Å². The lowest BCUT2D eigenvalue weighted by Gasteiger charge is -2.26. The third-order valence-corrected chi connectivity index (χ3v) is 8.20. The Labute approximate surface area is 225 Å². The maximum atomic E-state index is 13.6. The quantitative estimate of drug-likeness (QED) is 0.356. The van der Waals surface area contributed by atoms with Crippen LogP contribution in [0.1, 0.15) is 36.6 Å². The first-order valence-electron chi connectivity index (χ1n) is 12.8. The Morgan fingerprint density at radius 3 is 3.08 bits per heavy atom. The zero-order chi connectivity index (χ0) is 25.8. The number of halogens is 2. The molecule has 5 rings (SSSR count). The van der Waals surface area contributed by atoms with E-state index >= 15 is 0 Å². The van der Waals surface area contributed by atoms with Crippen LogP contribution in [0.4, 0.5) is 15.9 Å². The van der Waals surface area contributed by atoms with E-state index in [1.54, 1.807) is 29.5 Å². The molecule has 2 aliphatic rings. The van der Waals surface area contributed by atoms with Crippen molar-refractivity contribution < 1.29 is 13.9 Å². The summed E-state index contributed by atoms with van der Waals surface area (Å²) in [7, 11) is 0. The van der Waals surface area contributed by atoms with Crippen molar-refractivity contribution in [1.82, 2.24) is 19.8 Å². The average molecular weight is 544 g/mol. The van der Waals surface area contributed by atoms with E-state index in [4.69, 9.17) is 16.3 Å². The second-order valence-corrected chi connectivity index (χ2v) is 11.0. The minimum Gasteiger partial charge on any atom is -0.377 e. The number of aromatic nitrogens is 2. The Kier molecular flexibility index (Phi) is 8.34. The van der Waals surface area contributed by atoms with E-state index in [1.807, 2.05) is 11.0 Å². The minimum absolute atomic E-state index is 0.0297. The molecule has 1 N–H and O–H groups in total. The summed E-state index contributed by atoms with van der Waals surface area (Å²) in [5, 5.41) is 4.26. The van der Waals surface area contributed by atoms with Gasteiger partial charge in [-0.25, -0.2) is 14.4 Å². The smallest absolute Gasteiger partial charge is 0.246 e. The van der Waals surface area contributed by atoms with Gasteiger partial charge in [0.05, 0.1) is 23.1 Å². The van der Waals surface area contributed by atoms with Crippen LogP contribution >= 0.6 is 22.9 Å². The van der Waals surface area contributed by atoms with Crippen molar-refractivity contribution >= 4 is 50.6 Å². The second-order valence-electron chi connectivity index (χ2n) is 9.47. The third-order valence-electron chi connectivity index (χ3n) is 6.78. The van der Waals surface area contributed by atoms with Gasteiger partial charge in [0.2, 0.25) is 5.91 Å². The summed E-state index contributed by atoms with van der Waals surface area (Å²) >= 11 is 7.54. The highest BCUT2D eigenvalue weighted by Gasteiger charge is 2.26. The molecule has 1 saturated heterocycles. The number of carbonyl (C=O) groups is 1. The van der Waals surface area contributed by atoms with E-state index in [0.717, 1.165) is 72.6 Å². The van der Waals surface area contributed by atoms with Crippen molar-refractivity contribution in [3.8, 4) is 0 Å². The molecule has 3 aromatic rings. The van der Waals surface area contributed by atoms with Crippen LogP contribution in [0.15, 0.2) is 36.7 Å². The van der Waals surface area contributed by atoms with Gasteiger partial charge in [0.25, 0.3) is 0 Å². The number of rotatable bonds is 9. The number of nitrogens with one attached hydrogen (secondary N) is 1. The summed E-state index contributed by atoms with van der Waals surface area (Å²) in [6.07, 6.45) is 9.57. The van der Waals surface area contributed by atoms with Crippen LogP contribution in [-0.4, -0.2) is 64.6 Å². The number of hydrogen-bond donors (Lipinski definition) is 1. The molecule has 0 aliphatic carbocycles. The van der Waals surface area contributed by atoms with E-state index in [9.17, 15) is 9.18 Å². The molecule has 1 atom stereocenters. The molecule has 1 amide bonds. The number of benzene rings is 1. The number of thiophene rings is 1. The molecular formula is C27H31ClFN5O2S. The second kappa shape index (κ2) is 11.9. The molecule has 0 bridgehead atoms. The van der Waals surface area contributed by atoms with Crippen LogP contribution < -0.4 is 5.32 Å². The highest BCUT2D eigenvalue weighted by atomic mass is 35.5. The van der Waals surface area contributed by atoms with Crippen molar-refractivity contribution in [1.29, 1.82) is 0 Å². The molecule has 1 unspecified atom stereocenters. The number of ether oxygens (including phenoxy) is 1. The van der Waals surface area contributed by atoms with Gasteiger partial charge in [-0.1, -0.05) is 24.6 Å². The third kappa shape index (κ3) is 6.12. The van der Waals surface area contributed by atoms with Gasteiger partial charge in [-0.3, -0.25) is 9.69 Å². The lowest BCUT2D eigenvalue weighted by molar-refractivity contribution is -0.126. The topological polar surface area (TPSA) is 70.6 Å². The summed E-state index contributed by atoms with van der Waals surface area (Å²) in [5.74, 6) is 0.224. The van der Waals surface area contributed by atoms with E-state index in [0.29, 0.717) is 30.7 Å². The first-order chi connectivity index (χ1) is 18.0. The van der Waals surface area contributed by atoms with E-state index in [2.05, 4.69) is 27.1 Å². The molecule has 2 aromatic heterocycles. The molecule has 0 spiro atoms. The molecule has 10 heteroatoms. The fraction of sp³-hybridized carbons (Fsp3) is 0.444. The largest absolute Gasteiger partial charge is 0.377 e. The summed E-state index contributed by atoms with van der Waals surface area (Å²) < 4.78 is 19.4. The van der Waals surface area contributed by atoms with Crippen LogP contribution in [0.5, 0.6) is 0 Å². The lowest BCUT2D eigenvalue weighted by atomic mass is 10.0. The van der Waals surface area contributed by atoms with E-state index in [-0.39, 0.29) is 10.9 Å². The first-order valence-corrected chi connectivity index (χ1v) is 14.0. The van der Waals surface area contributed by atoms with Gasteiger partial charge in [0.15, 0.2) is 0 Å². The molecule has 37 heavy (non-hydrogen) atoms. The highest BCUT2D eigenvalue weighted by Crippen LogP contribution is 2.38. The van der Waals surface area contributed by atoms with Crippen LogP contribution in [0.3, 0.4) is 0 Å². The molecule has 7 nitrogen and oxygen atoms in total. The Morgan fingerprint density at radius 2 is 2.30 bits per heavy atom. The maximum absolute atomic E-state index is 13.6. The van der Waals surface area contributed by atoms with Gasteiger partial charge in [-0.15, -0.1) is 11.3 Å². The Morgan fingerprint density at radius 1 is 1.41 bits per heavy atom. The standard InChI is InChI=1S/C27H31ClFN5O2S/c1-2-10-33(15-19-5-4-13-36-19)11-3-6-24(35)34-12-9-20-23(16-34)37-27-25(20)26(30-17-31-27)32-18-7-8-22(29)21(28)14-18/h3,6-8,14,17,19H,2,4-5,9-13,15-16H2,1H3,(H,30,31,32). The van der Waals surface area contributed by atoms with Crippen molar-refractivity contribution in [2.45, 2.75) is 45.3 Å². The Bertz CT molecular complexity index is 1290. The van der Waals surface area contributed by atoms with Crippen LogP contribution in [0.25, 0.3) is 10.2 Å². The SMILES string of the molecule is CCCN(CC=CC(=O)N1CCc2c(sc3ncnc(Nc4ccc(F)c(Cl)c4)c23)C1)CC1CCCO1. The number of amides is 1.